The van der Waals surface area contributed by atoms with Crippen LogP contribution in [0.1, 0.15) is 67.8 Å². The highest BCUT2D eigenvalue weighted by molar-refractivity contribution is 7.12. The number of aromatic nitrogens is 2. The standard InChI is InChI=1S/C17H25N3S/c1-11(14-7-9-18-10-8-14)19-12(2)15-13(3)20-16(21-15)17(4,5)6/h7-12,19H,1-6H3/t11-,12?/m1/s1. The largest absolute Gasteiger partial charge is 0.303 e. The molecule has 0 radical (unpaired) electrons. The lowest BCUT2D eigenvalue weighted by Crippen LogP contribution is -2.22. The molecule has 1 N–H and O–H groups in total. The second kappa shape index (κ2) is 6.24. The van der Waals surface area contributed by atoms with Gasteiger partial charge in [0, 0.05) is 34.8 Å². The molecule has 114 valence electrons. The zero-order chi connectivity index (χ0) is 15.6. The first kappa shape index (κ1) is 16.1. The van der Waals surface area contributed by atoms with Crippen molar-refractivity contribution in [3.63, 3.8) is 0 Å². The fourth-order valence-electron chi connectivity index (χ4n) is 2.33. The number of rotatable bonds is 4. The maximum Gasteiger partial charge on any atom is 0.0985 e. The molecule has 0 bridgehead atoms. The zero-order valence-electron chi connectivity index (χ0n) is 13.8. The molecule has 0 aliphatic heterocycles. The van der Waals surface area contributed by atoms with Crippen molar-refractivity contribution in [2.45, 2.75) is 59.0 Å². The average Bonchev–Trinajstić information content (AvgIpc) is 2.82. The molecule has 0 amide bonds. The Kier molecular flexibility index (Phi) is 4.79. The Morgan fingerprint density at radius 3 is 2.24 bits per heavy atom. The van der Waals surface area contributed by atoms with E-state index in [2.05, 4.69) is 64.0 Å². The Hall–Kier alpha value is -1.26. The van der Waals surface area contributed by atoms with Crippen LogP contribution in [0.5, 0.6) is 0 Å². The van der Waals surface area contributed by atoms with Crippen LogP contribution in [0.25, 0.3) is 0 Å². The molecule has 2 heterocycles. The molecule has 4 heteroatoms. The normalized spacial score (nSPS) is 15.0. The third-order valence-corrected chi connectivity index (χ3v) is 5.34. The Morgan fingerprint density at radius 2 is 1.71 bits per heavy atom. The highest BCUT2D eigenvalue weighted by atomic mass is 32.1. The smallest absolute Gasteiger partial charge is 0.0985 e. The van der Waals surface area contributed by atoms with E-state index in [1.54, 1.807) is 0 Å². The van der Waals surface area contributed by atoms with Gasteiger partial charge < -0.3 is 5.32 Å². The Bertz CT molecular complexity index is 584. The van der Waals surface area contributed by atoms with Crippen LogP contribution in [0.2, 0.25) is 0 Å². The van der Waals surface area contributed by atoms with Crippen molar-refractivity contribution in [2.75, 3.05) is 0 Å². The average molecular weight is 303 g/mol. The maximum atomic E-state index is 4.75. The van der Waals surface area contributed by atoms with Crippen molar-refractivity contribution < 1.29 is 0 Å². The van der Waals surface area contributed by atoms with Crippen LogP contribution in [0.4, 0.5) is 0 Å². The van der Waals surface area contributed by atoms with E-state index in [-0.39, 0.29) is 5.41 Å². The minimum Gasteiger partial charge on any atom is -0.303 e. The quantitative estimate of drug-likeness (QED) is 0.900. The van der Waals surface area contributed by atoms with E-state index >= 15 is 0 Å². The van der Waals surface area contributed by atoms with E-state index in [0.717, 1.165) is 5.69 Å². The highest BCUT2D eigenvalue weighted by Gasteiger charge is 2.23. The molecule has 1 unspecified atom stereocenters. The maximum absolute atomic E-state index is 4.75. The first-order valence-electron chi connectivity index (χ1n) is 7.43. The molecule has 0 aliphatic rings. The lowest BCUT2D eigenvalue weighted by atomic mass is 9.98. The fraction of sp³-hybridized carbons (Fsp3) is 0.529. The number of nitrogens with zero attached hydrogens (tertiary/aromatic N) is 2. The molecule has 0 saturated heterocycles. The van der Waals surface area contributed by atoms with Gasteiger partial charge in [0.15, 0.2) is 0 Å². The van der Waals surface area contributed by atoms with E-state index in [0.29, 0.717) is 12.1 Å². The first-order chi connectivity index (χ1) is 9.79. The summed E-state index contributed by atoms with van der Waals surface area (Å²) in [6.45, 7) is 13.2. The van der Waals surface area contributed by atoms with Crippen LogP contribution in [0.3, 0.4) is 0 Å². The van der Waals surface area contributed by atoms with E-state index in [4.69, 9.17) is 4.98 Å². The molecule has 0 fully saturated rings. The molecule has 0 spiro atoms. The van der Waals surface area contributed by atoms with Crippen LogP contribution in [0.15, 0.2) is 24.5 Å². The summed E-state index contributed by atoms with van der Waals surface area (Å²) in [5.74, 6) is 0. The number of thiazole rings is 1. The minimum absolute atomic E-state index is 0.115. The van der Waals surface area contributed by atoms with E-state index < -0.39 is 0 Å². The van der Waals surface area contributed by atoms with Gasteiger partial charge >= 0.3 is 0 Å². The topological polar surface area (TPSA) is 37.8 Å². The second-order valence-corrected chi connectivity index (χ2v) is 7.64. The third kappa shape index (κ3) is 3.89. The summed E-state index contributed by atoms with van der Waals surface area (Å²) in [7, 11) is 0. The van der Waals surface area contributed by atoms with Crippen molar-refractivity contribution in [1.82, 2.24) is 15.3 Å². The lowest BCUT2D eigenvalue weighted by molar-refractivity contribution is 0.498. The molecule has 0 aromatic carbocycles. The first-order valence-corrected chi connectivity index (χ1v) is 8.24. The molecular formula is C17H25N3S. The molecular weight excluding hydrogens is 278 g/mol. The third-order valence-electron chi connectivity index (χ3n) is 3.57. The summed E-state index contributed by atoms with van der Waals surface area (Å²) in [6, 6.07) is 4.71. The molecule has 2 atom stereocenters. The van der Waals surface area contributed by atoms with Gasteiger partial charge in [0.1, 0.15) is 0 Å². The van der Waals surface area contributed by atoms with Crippen LogP contribution in [-0.2, 0) is 5.41 Å². The van der Waals surface area contributed by atoms with Gasteiger partial charge in [-0.15, -0.1) is 11.3 Å². The van der Waals surface area contributed by atoms with Crippen molar-refractivity contribution in [3.8, 4) is 0 Å². The van der Waals surface area contributed by atoms with Gasteiger partial charge in [0.25, 0.3) is 0 Å². The molecule has 2 aromatic heterocycles. The Morgan fingerprint density at radius 1 is 1.10 bits per heavy atom. The fourth-order valence-corrected chi connectivity index (χ4v) is 3.47. The van der Waals surface area contributed by atoms with Crippen molar-refractivity contribution in [1.29, 1.82) is 0 Å². The molecule has 0 saturated carbocycles. The molecule has 21 heavy (non-hydrogen) atoms. The Balaban J connectivity index is 2.14. The number of nitrogens with one attached hydrogen (secondary N) is 1. The monoisotopic (exact) mass is 303 g/mol. The summed E-state index contributed by atoms with van der Waals surface area (Å²) in [4.78, 5) is 10.2. The van der Waals surface area contributed by atoms with Crippen molar-refractivity contribution >= 4 is 11.3 Å². The minimum atomic E-state index is 0.115. The van der Waals surface area contributed by atoms with Gasteiger partial charge in [0.05, 0.1) is 10.7 Å². The highest BCUT2D eigenvalue weighted by Crippen LogP contribution is 2.33. The lowest BCUT2D eigenvalue weighted by Gasteiger charge is -2.20. The predicted molar refractivity (Wildman–Crippen MR) is 89.8 cm³/mol. The summed E-state index contributed by atoms with van der Waals surface area (Å²) in [6.07, 6.45) is 3.68. The van der Waals surface area contributed by atoms with E-state index in [1.165, 1.54) is 15.4 Å². The van der Waals surface area contributed by atoms with Crippen LogP contribution in [0, 0.1) is 6.92 Å². The molecule has 3 nitrogen and oxygen atoms in total. The summed E-state index contributed by atoms with van der Waals surface area (Å²) in [5, 5.41) is 4.87. The molecule has 2 rings (SSSR count). The SMILES string of the molecule is Cc1nc(C(C)(C)C)sc1C(C)N[C@H](C)c1ccncc1. The molecule has 0 aliphatic carbocycles. The molecule has 2 aromatic rings. The summed E-state index contributed by atoms with van der Waals surface area (Å²) >= 11 is 1.83. The van der Waals surface area contributed by atoms with Crippen molar-refractivity contribution in [2.24, 2.45) is 0 Å². The zero-order valence-corrected chi connectivity index (χ0v) is 14.6. The number of hydrogen-bond donors (Lipinski definition) is 1. The van der Waals surface area contributed by atoms with Gasteiger partial charge in [-0.2, -0.15) is 0 Å². The van der Waals surface area contributed by atoms with Crippen LogP contribution >= 0.6 is 11.3 Å². The summed E-state index contributed by atoms with van der Waals surface area (Å²) in [5.41, 5.74) is 2.52. The van der Waals surface area contributed by atoms with Gasteiger partial charge in [-0.25, -0.2) is 4.98 Å². The number of hydrogen-bond acceptors (Lipinski definition) is 4. The van der Waals surface area contributed by atoms with Gasteiger partial charge in [-0.05, 0) is 38.5 Å². The Labute approximate surface area is 131 Å². The number of aryl methyl sites for hydroxylation is 1. The van der Waals surface area contributed by atoms with Crippen LogP contribution < -0.4 is 5.32 Å². The van der Waals surface area contributed by atoms with Gasteiger partial charge in [-0.3, -0.25) is 4.98 Å². The number of pyridine rings is 1. The van der Waals surface area contributed by atoms with Crippen molar-refractivity contribution in [3.05, 3.63) is 45.7 Å². The second-order valence-electron chi connectivity index (χ2n) is 6.61. The van der Waals surface area contributed by atoms with E-state index in [1.807, 2.05) is 23.7 Å². The van der Waals surface area contributed by atoms with Gasteiger partial charge in [-0.1, -0.05) is 20.8 Å². The predicted octanol–water partition coefficient (Wildman–Crippen LogP) is 4.56. The summed E-state index contributed by atoms with van der Waals surface area (Å²) < 4.78 is 0. The van der Waals surface area contributed by atoms with E-state index in [9.17, 15) is 0 Å². The van der Waals surface area contributed by atoms with Crippen LogP contribution in [-0.4, -0.2) is 9.97 Å². The van der Waals surface area contributed by atoms with Gasteiger partial charge in [0.2, 0.25) is 0 Å².